The second-order valence-corrected chi connectivity index (χ2v) is 16.5. The van der Waals surface area contributed by atoms with E-state index in [1.165, 1.54) is 92.5 Å². The Morgan fingerprint density at radius 3 is 2.19 bits per heavy atom. The summed E-state index contributed by atoms with van der Waals surface area (Å²) in [6.07, 6.45) is 10.8. The fourth-order valence-corrected chi connectivity index (χ4v) is 8.63. The van der Waals surface area contributed by atoms with Crippen LogP contribution in [0.4, 0.5) is 18.9 Å². The minimum Gasteiger partial charge on any atom is -0.497 e. The van der Waals surface area contributed by atoms with E-state index in [4.69, 9.17) is 10.5 Å². The SMILES string of the molecule is CCC1CCC(C2CC=C(c3cnc(-c4ccc(CN(CC(=O)N[C@@H](CCN)C(=O)O)C(=O)c5ccc(NC(=O)Cc6ccc(OC)cc6C(F)(F)F)cc5)cc4)nc3)CC2)CC1. The molecule has 0 aliphatic heterocycles. The molecule has 2 aliphatic carbocycles. The van der Waals surface area contributed by atoms with Crippen molar-refractivity contribution in [3.8, 4) is 17.1 Å². The molecule has 6 rings (SSSR count). The number of hydrogen-bond donors (Lipinski definition) is 4. The molecule has 3 aromatic carbocycles. The summed E-state index contributed by atoms with van der Waals surface area (Å²) < 4.78 is 46.0. The molecular formula is C48H55F3N6O6. The Kier molecular flexibility index (Phi) is 15.7. The number of aliphatic carboxylic acids is 1. The monoisotopic (exact) mass is 868 g/mol. The predicted octanol–water partition coefficient (Wildman–Crippen LogP) is 8.31. The molecule has 0 radical (unpaired) electrons. The van der Waals surface area contributed by atoms with Crippen LogP contribution in [-0.4, -0.2) is 69.9 Å². The first kappa shape index (κ1) is 46.4. The maximum atomic E-state index is 13.9. The molecule has 0 bridgehead atoms. The summed E-state index contributed by atoms with van der Waals surface area (Å²) in [5, 5.41) is 14.6. The van der Waals surface area contributed by atoms with Crippen LogP contribution in [0.3, 0.4) is 0 Å². The van der Waals surface area contributed by atoms with E-state index in [2.05, 4.69) is 33.6 Å². The number of halogens is 3. The molecular weight excluding hydrogens is 814 g/mol. The molecule has 0 spiro atoms. The summed E-state index contributed by atoms with van der Waals surface area (Å²) in [5.41, 5.74) is 8.42. The lowest BCUT2D eigenvalue weighted by Gasteiger charge is -2.35. The van der Waals surface area contributed by atoms with Crippen molar-refractivity contribution in [2.45, 2.75) is 89.9 Å². The van der Waals surface area contributed by atoms with Gasteiger partial charge >= 0.3 is 12.1 Å². The van der Waals surface area contributed by atoms with Crippen LogP contribution >= 0.6 is 0 Å². The number of allylic oxidation sites excluding steroid dienone is 2. The van der Waals surface area contributed by atoms with Gasteiger partial charge in [-0.2, -0.15) is 13.2 Å². The molecule has 1 fully saturated rings. The van der Waals surface area contributed by atoms with Gasteiger partial charge in [0.05, 0.1) is 19.1 Å². The molecule has 5 N–H and O–H groups in total. The van der Waals surface area contributed by atoms with E-state index in [1.54, 1.807) is 12.1 Å². The number of carbonyl (C=O) groups excluding carboxylic acids is 3. The van der Waals surface area contributed by atoms with Crippen molar-refractivity contribution in [1.82, 2.24) is 20.2 Å². The van der Waals surface area contributed by atoms with Gasteiger partial charge in [-0.1, -0.05) is 62.6 Å². The Morgan fingerprint density at radius 1 is 0.905 bits per heavy atom. The van der Waals surface area contributed by atoms with Crippen molar-refractivity contribution in [1.29, 1.82) is 0 Å². The Balaban J connectivity index is 1.11. The maximum absolute atomic E-state index is 13.9. The Morgan fingerprint density at radius 2 is 1.60 bits per heavy atom. The van der Waals surface area contributed by atoms with E-state index < -0.39 is 54.4 Å². The van der Waals surface area contributed by atoms with Crippen LogP contribution in [0.25, 0.3) is 17.0 Å². The van der Waals surface area contributed by atoms with Gasteiger partial charge in [0.25, 0.3) is 5.91 Å². The van der Waals surface area contributed by atoms with Crippen molar-refractivity contribution >= 4 is 35.0 Å². The fraction of sp³-hybridized carbons (Fsp3) is 0.417. The Bertz CT molecular complexity index is 2240. The Hall–Kier alpha value is -6.09. The van der Waals surface area contributed by atoms with Gasteiger partial charge in [-0.05, 0) is 116 Å². The average Bonchev–Trinajstić information content (AvgIpc) is 3.29. The third-order valence-electron chi connectivity index (χ3n) is 12.3. The van der Waals surface area contributed by atoms with E-state index in [0.717, 1.165) is 47.8 Å². The second kappa shape index (κ2) is 21.3. The highest BCUT2D eigenvalue weighted by molar-refractivity contribution is 5.98. The zero-order chi connectivity index (χ0) is 45.1. The fourth-order valence-electron chi connectivity index (χ4n) is 8.63. The second-order valence-electron chi connectivity index (χ2n) is 16.5. The van der Waals surface area contributed by atoms with Gasteiger partial charge in [-0.15, -0.1) is 0 Å². The van der Waals surface area contributed by atoms with Gasteiger partial charge in [0.1, 0.15) is 18.3 Å². The molecule has 2 atom stereocenters. The summed E-state index contributed by atoms with van der Waals surface area (Å²) in [4.78, 5) is 62.2. The highest BCUT2D eigenvalue weighted by atomic mass is 19.4. The van der Waals surface area contributed by atoms with Crippen LogP contribution in [-0.2, 0) is 33.5 Å². The quantitative estimate of drug-likeness (QED) is 0.0813. The molecule has 1 saturated carbocycles. The normalized spacial score (nSPS) is 18.1. The van der Waals surface area contributed by atoms with E-state index >= 15 is 0 Å². The van der Waals surface area contributed by atoms with Crippen molar-refractivity contribution in [2.75, 3.05) is 25.5 Å². The van der Waals surface area contributed by atoms with Crippen LogP contribution in [0.5, 0.6) is 5.75 Å². The number of alkyl halides is 3. The summed E-state index contributed by atoms with van der Waals surface area (Å²) in [7, 11) is 1.25. The number of hydrogen-bond acceptors (Lipinski definition) is 8. The van der Waals surface area contributed by atoms with Crippen molar-refractivity contribution in [3.05, 3.63) is 113 Å². The highest BCUT2D eigenvalue weighted by Gasteiger charge is 2.34. The molecule has 1 heterocycles. The van der Waals surface area contributed by atoms with Gasteiger partial charge in [-0.25, -0.2) is 14.8 Å². The predicted molar refractivity (Wildman–Crippen MR) is 233 cm³/mol. The number of rotatable bonds is 17. The third kappa shape index (κ3) is 12.5. The molecule has 2 aliphatic rings. The van der Waals surface area contributed by atoms with E-state index in [-0.39, 0.29) is 42.1 Å². The minimum absolute atomic E-state index is 0.00230. The lowest BCUT2D eigenvalue weighted by molar-refractivity contribution is -0.142. The molecule has 1 aromatic heterocycles. The average molecular weight is 869 g/mol. The summed E-state index contributed by atoms with van der Waals surface area (Å²) in [6, 6.07) is 15.0. The largest absolute Gasteiger partial charge is 0.497 e. The standard InChI is InChI=1S/C48H55F3N6O6/c1-3-30-4-8-32(9-5-30)33-12-14-34(15-13-33)38-26-53-45(54-27-38)35-10-6-31(7-11-35)28-57(29-44(59)56-42(22-23-52)47(61)62)46(60)36-16-19-39(20-17-36)55-43(58)24-37-18-21-40(63-2)25-41(37)48(49,50)51/h6-7,10-11,14,16-21,25-27,30,32-33,42H,3-5,8-9,12-13,15,22-24,28-29,52H2,1-2H3,(H,55,58)(H,56,59)(H,61,62)/t30?,32?,33?,42-/m0/s1. The molecule has 63 heavy (non-hydrogen) atoms. The first-order valence-corrected chi connectivity index (χ1v) is 21.5. The zero-order valence-electron chi connectivity index (χ0n) is 35.6. The summed E-state index contributed by atoms with van der Waals surface area (Å²) in [5.74, 6) is -0.240. The Labute approximate surface area is 365 Å². The summed E-state index contributed by atoms with van der Waals surface area (Å²) >= 11 is 0. The smallest absolute Gasteiger partial charge is 0.416 e. The highest BCUT2D eigenvalue weighted by Crippen LogP contribution is 2.42. The summed E-state index contributed by atoms with van der Waals surface area (Å²) in [6.45, 7) is 1.80. The number of ether oxygens (including phenoxy) is 1. The van der Waals surface area contributed by atoms with Gasteiger partial charge < -0.3 is 31.1 Å². The molecule has 3 amide bonds. The first-order chi connectivity index (χ1) is 30.2. The maximum Gasteiger partial charge on any atom is 0.416 e. The van der Waals surface area contributed by atoms with Crippen LogP contribution in [0.1, 0.15) is 97.3 Å². The van der Waals surface area contributed by atoms with Crippen LogP contribution in [0.2, 0.25) is 0 Å². The number of anilines is 1. The molecule has 15 heteroatoms. The molecule has 12 nitrogen and oxygen atoms in total. The molecule has 4 aromatic rings. The van der Waals surface area contributed by atoms with Crippen LogP contribution in [0, 0.1) is 17.8 Å². The van der Waals surface area contributed by atoms with Crippen LogP contribution in [0.15, 0.2) is 85.2 Å². The minimum atomic E-state index is -4.71. The van der Waals surface area contributed by atoms with Gasteiger partial charge in [0.2, 0.25) is 11.8 Å². The lowest BCUT2D eigenvalue weighted by Crippen LogP contribution is -2.47. The van der Waals surface area contributed by atoms with Gasteiger partial charge in [0, 0.05) is 41.3 Å². The zero-order valence-corrected chi connectivity index (χ0v) is 35.6. The number of amides is 3. The molecule has 1 unspecified atom stereocenters. The molecule has 0 saturated heterocycles. The number of carbonyl (C=O) groups is 4. The van der Waals surface area contributed by atoms with Gasteiger partial charge in [-0.3, -0.25) is 14.4 Å². The number of nitrogens with one attached hydrogen (secondary N) is 2. The first-order valence-electron chi connectivity index (χ1n) is 21.5. The molecule has 334 valence electrons. The van der Waals surface area contributed by atoms with Gasteiger partial charge in [0.15, 0.2) is 5.82 Å². The van der Waals surface area contributed by atoms with E-state index in [9.17, 15) is 37.5 Å². The number of nitrogens with zero attached hydrogens (tertiary/aromatic N) is 3. The number of carboxylic acids is 1. The number of nitrogens with two attached hydrogens (primary N) is 1. The van der Waals surface area contributed by atoms with Crippen molar-refractivity contribution in [3.63, 3.8) is 0 Å². The third-order valence-corrected chi connectivity index (χ3v) is 12.3. The number of methoxy groups -OCH3 is 1. The topological polar surface area (TPSA) is 177 Å². The van der Waals surface area contributed by atoms with E-state index in [1.807, 2.05) is 24.5 Å². The van der Waals surface area contributed by atoms with Crippen molar-refractivity contribution in [2.24, 2.45) is 23.5 Å². The number of aromatic nitrogens is 2. The lowest BCUT2D eigenvalue weighted by atomic mass is 9.71. The van der Waals surface area contributed by atoms with Crippen LogP contribution < -0.4 is 21.1 Å². The van der Waals surface area contributed by atoms with E-state index in [0.29, 0.717) is 11.4 Å². The number of benzene rings is 3. The number of carboxylic acid groups (broad SMARTS) is 1. The van der Waals surface area contributed by atoms with Crippen molar-refractivity contribution < 1.29 is 42.2 Å².